The Balaban J connectivity index is 1.11. The van der Waals surface area contributed by atoms with Gasteiger partial charge in [-0.25, -0.2) is 4.39 Å². The van der Waals surface area contributed by atoms with E-state index in [1.807, 2.05) is 34.1 Å². The van der Waals surface area contributed by atoms with E-state index in [9.17, 15) is 14.0 Å². The van der Waals surface area contributed by atoms with E-state index in [0.29, 0.717) is 37.4 Å². The highest BCUT2D eigenvalue weighted by molar-refractivity contribution is 5.95. The lowest BCUT2D eigenvalue weighted by molar-refractivity contribution is -0.117. The van der Waals surface area contributed by atoms with Crippen LogP contribution in [0.3, 0.4) is 0 Å². The number of carbonyl (C=O) groups excluding carboxylic acids is 2. The van der Waals surface area contributed by atoms with Crippen LogP contribution < -0.4 is 10.2 Å². The number of rotatable bonds is 5. The minimum atomic E-state index is -0.337. The third kappa shape index (κ3) is 5.52. The van der Waals surface area contributed by atoms with E-state index < -0.39 is 0 Å². The summed E-state index contributed by atoms with van der Waals surface area (Å²) in [5.41, 5.74) is 5.18. The smallest absolute Gasteiger partial charge is 0.253 e. The van der Waals surface area contributed by atoms with Gasteiger partial charge in [-0.3, -0.25) is 14.5 Å². The number of nitrogens with zero attached hydrogens (tertiary/aromatic N) is 3. The number of anilines is 2. The molecule has 35 heavy (non-hydrogen) atoms. The number of benzene rings is 3. The average molecular weight is 473 g/mol. The quantitative estimate of drug-likeness (QED) is 0.614. The summed E-state index contributed by atoms with van der Waals surface area (Å²) in [4.78, 5) is 31.6. The molecule has 2 heterocycles. The summed E-state index contributed by atoms with van der Waals surface area (Å²) in [7, 11) is 0. The third-order valence-electron chi connectivity index (χ3n) is 6.76. The summed E-state index contributed by atoms with van der Waals surface area (Å²) < 4.78 is 13.0. The minimum absolute atomic E-state index is 0.0240. The molecular formula is C28H29FN4O2. The lowest BCUT2D eigenvalue weighted by Gasteiger charge is -2.34. The molecule has 3 aromatic rings. The molecule has 0 aromatic heterocycles. The second-order valence-electron chi connectivity index (χ2n) is 9.11. The Labute approximate surface area is 205 Å². The summed E-state index contributed by atoms with van der Waals surface area (Å²) in [6, 6.07) is 22.2. The van der Waals surface area contributed by atoms with Gasteiger partial charge in [0.25, 0.3) is 5.91 Å². The van der Waals surface area contributed by atoms with Crippen molar-refractivity contribution in [3.63, 3.8) is 0 Å². The molecule has 2 aliphatic rings. The second-order valence-corrected chi connectivity index (χ2v) is 9.11. The number of carbonyl (C=O) groups is 2. The Hall–Kier alpha value is -3.71. The fraction of sp³-hybridized carbons (Fsp3) is 0.286. The minimum Gasteiger partial charge on any atom is -0.367 e. The zero-order chi connectivity index (χ0) is 24.2. The maximum absolute atomic E-state index is 13.0. The fourth-order valence-electron chi connectivity index (χ4n) is 4.76. The first-order valence-corrected chi connectivity index (χ1v) is 12.0. The monoisotopic (exact) mass is 472 g/mol. The van der Waals surface area contributed by atoms with E-state index in [1.165, 1.54) is 23.3 Å². The molecular weight excluding hydrogens is 443 g/mol. The Morgan fingerprint density at radius 1 is 0.800 bits per heavy atom. The van der Waals surface area contributed by atoms with Gasteiger partial charge in [-0.1, -0.05) is 24.3 Å². The van der Waals surface area contributed by atoms with Crippen LogP contribution >= 0.6 is 0 Å². The van der Waals surface area contributed by atoms with E-state index in [-0.39, 0.29) is 24.2 Å². The maximum atomic E-state index is 13.0. The highest BCUT2D eigenvalue weighted by Gasteiger charge is 2.24. The van der Waals surface area contributed by atoms with Crippen LogP contribution in [0, 0.1) is 5.82 Å². The molecule has 2 aliphatic heterocycles. The standard InChI is InChI=1S/C28H29FN4O2/c29-24-7-9-25(10-8-24)30-27(34)20-31-15-17-32(18-16-31)28(35)22-5-11-26(12-6-22)33-14-13-21-3-1-2-4-23(21)19-33/h1-12H,13-20H2,(H,30,34). The van der Waals surface area contributed by atoms with Crippen molar-refractivity contribution in [2.75, 3.05) is 49.5 Å². The largest absolute Gasteiger partial charge is 0.367 e. The van der Waals surface area contributed by atoms with Crippen LogP contribution in [0.5, 0.6) is 0 Å². The molecule has 0 spiro atoms. The van der Waals surface area contributed by atoms with E-state index in [2.05, 4.69) is 34.5 Å². The Kier molecular flexibility index (Phi) is 6.77. The van der Waals surface area contributed by atoms with E-state index in [0.717, 1.165) is 25.2 Å². The van der Waals surface area contributed by atoms with Gasteiger partial charge in [-0.2, -0.15) is 0 Å². The molecule has 1 N–H and O–H groups in total. The molecule has 0 saturated carbocycles. The van der Waals surface area contributed by atoms with Crippen LogP contribution in [0.25, 0.3) is 0 Å². The summed E-state index contributed by atoms with van der Waals surface area (Å²) in [6.45, 7) is 4.52. The summed E-state index contributed by atoms with van der Waals surface area (Å²) in [5, 5.41) is 2.78. The van der Waals surface area contributed by atoms with E-state index in [4.69, 9.17) is 0 Å². The van der Waals surface area contributed by atoms with Crippen LogP contribution in [0.2, 0.25) is 0 Å². The highest BCUT2D eigenvalue weighted by Crippen LogP contribution is 2.25. The van der Waals surface area contributed by atoms with Gasteiger partial charge in [0.05, 0.1) is 6.54 Å². The van der Waals surface area contributed by atoms with Crippen molar-refractivity contribution < 1.29 is 14.0 Å². The topological polar surface area (TPSA) is 55.9 Å². The van der Waals surface area contributed by atoms with Crippen molar-refractivity contribution >= 4 is 23.2 Å². The van der Waals surface area contributed by atoms with Crippen LogP contribution in [0.1, 0.15) is 21.5 Å². The molecule has 6 nitrogen and oxygen atoms in total. The number of nitrogens with one attached hydrogen (secondary N) is 1. The normalized spacial score (nSPS) is 16.0. The second kappa shape index (κ2) is 10.3. The number of amides is 2. The van der Waals surface area contributed by atoms with Crippen molar-refractivity contribution in [3.8, 4) is 0 Å². The average Bonchev–Trinajstić information content (AvgIpc) is 2.90. The van der Waals surface area contributed by atoms with Gasteiger partial charge >= 0.3 is 0 Å². The first-order chi connectivity index (χ1) is 17.0. The number of halogens is 1. The van der Waals surface area contributed by atoms with Crippen molar-refractivity contribution in [1.82, 2.24) is 9.80 Å². The zero-order valence-corrected chi connectivity index (χ0v) is 19.6. The third-order valence-corrected chi connectivity index (χ3v) is 6.76. The van der Waals surface area contributed by atoms with Gasteiger partial charge in [-0.05, 0) is 66.1 Å². The van der Waals surface area contributed by atoms with Crippen molar-refractivity contribution in [1.29, 1.82) is 0 Å². The van der Waals surface area contributed by atoms with E-state index in [1.54, 1.807) is 12.1 Å². The predicted octanol–water partition coefficient (Wildman–Crippen LogP) is 3.78. The molecule has 0 unspecified atom stereocenters. The molecule has 0 atom stereocenters. The molecule has 1 fully saturated rings. The summed E-state index contributed by atoms with van der Waals surface area (Å²) in [6.07, 6.45) is 1.03. The van der Waals surface area contributed by atoms with Crippen LogP contribution in [0.15, 0.2) is 72.8 Å². The maximum Gasteiger partial charge on any atom is 0.253 e. The first-order valence-electron chi connectivity index (χ1n) is 12.0. The number of fused-ring (bicyclic) bond motifs is 1. The van der Waals surface area contributed by atoms with Crippen molar-refractivity contribution in [2.45, 2.75) is 13.0 Å². The van der Waals surface area contributed by atoms with E-state index >= 15 is 0 Å². The van der Waals surface area contributed by atoms with Gasteiger partial charge in [0.2, 0.25) is 5.91 Å². The molecule has 0 aliphatic carbocycles. The Morgan fingerprint density at radius 3 is 2.20 bits per heavy atom. The van der Waals surface area contributed by atoms with Crippen molar-refractivity contribution in [2.24, 2.45) is 0 Å². The molecule has 2 amide bonds. The summed E-state index contributed by atoms with van der Waals surface area (Å²) >= 11 is 0. The molecule has 3 aromatic carbocycles. The van der Waals surface area contributed by atoms with Crippen LogP contribution in [0.4, 0.5) is 15.8 Å². The Bertz CT molecular complexity index is 1190. The van der Waals surface area contributed by atoms with Gasteiger partial charge in [0, 0.05) is 56.2 Å². The van der Waals surface area contributed by atoms with Gasteiger partial charge in [0.1, 0.15) is 5.82 Å². The zero-order valence-electron chi connectivity index (χ0n) is 19.6. The SMILES string of the molecule is O=C(CN1CCN(C(=O)c2ccc(N3CCc4ccccc4C3)cc2)CC1)Nc1ccc(F)cc1. The molecule has 1 saturated heterocycles. The van der Waals surface area contributed by atoms with Gasteiger partial charge in [-0.15, -0.1) is 0 Å². The lowest BCUT2D eigenvalue weighted by Crippen LogP contribution is -2.50. The number of piperazine rings is 1. The molecule has 180 valence electrons. The molecule has 5 rings (SSSR count). The van der Waals surface area contributed by atoms with Crippen LogP contribution in [-0.2, 0) is 17.8 Å². The van der Waals surface area contributed by atoms with Gasteiger partial charge < -0.3 is 15.1 Å². The molecule has 0 bridgehead atoms. The molecule has 7 heteroatoms. The van der Waals surface area contributed by atoms with Crippen molar-refractivity contribution in [3.05, 3.63) is 95.3 Å². The van der Waals surface area contributed by atoms with Gasteiger partial charge in [0.15, 0.2) is 0 Å². The Morgan fingerprint density at radius 2 is 1.49 bits per heavy atom. The van der Waals surface area contributed by atoms with Crippen LogP contribution in [-0.4, -0.2) is 60.9 Å². The number of hydrogen-bond donors (Lipinski definition) is 1. The lowest BCUT2D eigenvalue weighted by atomic mass is 9.99. The molecule has 0 radical (unpaired) electrons. The summed E-state index contributed by atoms with van der Waals surface area (Å²) in [5.74, 6) is -0.459. The fourth-order valence-corrected chi connectivity index (χ4v) is 4.76. The predicted molar refractivity (Wildman–Crippen MR) is 135 cm³/mol. The first kappa shape index (κ1) is 23.1. The number of hydrogen-bond acceptors (Lipinski definition) is 4. The highest BCUT2D eigenvalue weighted by atomic mass is 19.1.